The fraction of sp³-hybridized carbons (Fsp3) is 0.780. The van der Waals surface area contributed by atoms with E-state index in [0.717, 1.165) is 90.1 Å². The average molecular weight is 796 g/mol. The number of esters is 3. The van der Waals surface area contributed by atoms with Crippen LogP contribution in [0.3, 0.4) is 0 Å². The maximum absolute atomic E-state index is 13.1. The molecule has 2 rings (SSSR count). The van der Waals surface area contributed by atoms with Crippen LogP contribution in [-0.4, -0.2) is 61.3 Å². The highest BCUT2D eigenvalue weighted by molar-refractivity contribution is 5.73. The average Bonchev–Trinajstić information content (AvgIpc) is 3.19. The van der Waals surface area contributed by atoms with Gasteiger partial charge in [0.1, 0.15) is 18.3 Å². The lowest BCUT2D eigenvalue weighted by molar-refractivity contribution is -0.172. The van der Waals surface area contributed by atoms with E-state index in [0.29, 0.717) is 32.1 Å². The first kappa shape index (κ1) is 50.5. The van der Waals surface area contributed by atoms with Crippen molar-refractivity contribution in [1.29, 1.82) is 0 Å². The van der Waals surface area contributed by atoms with E-state index < -0.39 is 18.3 Å². The van der Waals surface area contributed by atoms with E-state index in [-0.39, 0.29) is 23.8 Å². The smallest absolute Gasteiger partial charge is 0.309 e. The Hall–Kier alpha value is -2.67. The van der Waals surface area contributed by atoms with Gasteiger partial charge in [-0.1, -0.05) is 133 Å². The molecule has 2 aliphatic rings. The third-order valence-corrected chi connectivity index (χ3v) is 11.4. The van der Waals surface area contributed by atoms with Crippen molar-refractivity contribution in [3.05, 3.63) is 48.6 Å². The molecule has 0 radical (unpaired) electrons. The van der Waals surface area contributed by atoms with Gasteiger partial charge in [0, 0.05) is 32.1 Å². The molecular weight excluding hydrogens is 711 g/mol. The van der Waals surface area contributed by atoms with E-state index in [1.807, 2.05) is 0 Å². The number of rotatable bonds is 33. The van der Waals surface area contributed by atoms with Crippen LogP contribution in [0.25, 0.3) is 0 Å². The summed E-state index contributed by atoms with van der Waals surface area (Å²) in [7, 11) is 2.08. The Morgan fingerprint density at radius 3 is 1.23 bits per heavy atom. The van der Waals surface area contributed by atoms with Crippen LogP contribution in [0.15, 0.2) is 48.6 Å². The van der Waals surface area contributed by atoms with Crippen molar-refractivity contribution >= 4 is 17.9 Å². The molecule has 0 aromatic carbocycles. The lowest BCUT2D eigenvalue weighted by Gasteiger charge is -2.35. The molecule has 2 fully saturated rings. The topological polar surface area (TPSA) is 82.1 Å². The molecule has 7 heteroatoms. The van der Waals surface area contributed by atoms with Gasteiger partial charge in [-0.15, -0.1) is 0 Å². The summed E-state index contributed by atoms with van der Waals surface area (Å²) in [6.45, 7) is 6.25. The van der Waals surface area contributed by atoms with Crippen molar-refractivity contribution in [2.45, 2.75) is 225 Å². The molecule has 1 heterocycles. The Kier molecular flexibility index (Phi) is 31.2. The van der Waals surface area contributed by atoms with E-state index in [1.165, 1.54) is 83.5 Å². The first-order valence-corrected chi connectivity index (χ1v) is 23.8. The van der Waals surface area contributed by atoms with Gasteiger partial charge >= 0.3 is 17.9 Å². The van der Waals surface area contributed by atoms with Crippen LogP contribution in [0.1, 0.15) is 206 Å². The zero-order chi connectivity index (χ0) is 41.0. The van der Waals surface area contributed by atoms with Crippen molar-refractivity contribution in [2.24, 2.45) is 5.92 Å². The summed E-state index contributed by atoms with van der Waals surface area (Å²) in [4.78, 5) is 41.1. The van der Waals surface area contributed by atoms with Crippen molar-refractivity contribution in [3.63, 3.8) is 0 Å². The van der Waals surface area contributed by atoms with Crippen LogP contribution in [0.4, 0.5) is 0 Å². The van der Waals surface area contributed by atoms with Crippen LogP contribution < -0.4 is 0 Å². The van der Waals surface area contributed by atoms with Gasteiger partial charge in [-0.3, -0.25) is 14.4 Å². The lowest BCUT2D eigenvalue weighted by atomic mass is 9.91. The molecule has 326 valence electrons. The maximum Gasteiger partial charge on any atom is 0.309 e. The van der Waals surface area contributed by atoms with E-state index in [1.54, 1.807) is 0 Å². The first-order chi connectivity index (χ1) is 27.9. The zero-order valence-corrected chi connectivity index (χ0v) is 37.0. The van der Waals surface area contributed by atoms with Crippen molar-refractivity contribution in [3.8, 4) is 0 Å². The fourth-order valence-corrected chi connectivity index (χ4v) is 7.79. The molecule has 0 aromatic rings. The summed E-state index contributed by atoms with van der Waals surface area (Å²) in [5, 5.41) is 0. The highest BCUT2D eigenvalue weighted by Crippen LogP contribution is 2.29. The van der Waals surface area contributed by atoms with Gasteiger partial charge < -0.3 is 19.1 Å². The Labute approximate surface area is 349 Å². The minimum Gasteiger partial charge on any atom is -0.462 e. The largest absolute Gasteiger partial charge is 0.462 e. The minimum absolute atomic E-state index is 0.104. The summed E-state index contributed by atoms with van der Waals surface area (Å²) in [6.07, 6.45) is 47.2. The standard InChI is InChI=1S/C50H85NO6/c1-4-6-8-10-12-14-16-18-20-22-24-26-28-30-32-34-36-49(53)56-46-41-45(42-47(43-46)57-50(54)44-37-39-51(3)40-38-44)55-48(52)35-33-31-29-27-25-23-21-19-17-15-13-11-9-7-5-2/h12-15,18-21,44-47H,4-11,16-17,22-43H2,1-3H3/b14-12-,15-13-,20-18-,21-19-. The Bertz CT molecular complexity index is 1140. The second-order valence-electron chi connectivity index (χ2n) is 16.9. The third kappa shape index (κ3) is 28.4. The second kappa shape index (κ2) is 35.3. The molecule has 57 heavy (non-hydrogen) atoms. The number of carbonyl (C=O) groups excluding carboxylic acids is 3. The molecule has 0 amide bonds. The number of piperidine rings is 1. The predicted molar refractivity (Wildman–Crippen MR) is 237 cm³/mol. The number of ether oxygens (including phenoxy) is 3. The van der Waals surface area contributed by atoms with Crippen LogP contribution in [-0.2, 0) is 28.6 Å². The first-order valence-electron chi connectivity index (χ1n) is 23.8. The number of allylic oxidation sites excluding steroid dienone is 8. The van der Waals surface area contributed by atoms with Gasteiger partial charge in [0.05, 0.1) is 5.92 Å². The molecule has 0 spiro atoms. The lowest BCUT2D eigenvalue weighted by Crippen LogP contribution is -2.41. The summed E-state index contributed by atoms with van der Waals surface area (Å²) in [5.74, 6) is -0.690. The summed E-state index contributed by atoms with van der Waals surface area (Å²) in [6, 6.07) is 0. The van der Waals surface area contributed by atoms with E-state index >= 15 is 0 Å². The van der Waals surface area contributed by atoms with Gasteiger partial charge in [0.15, 0.2) is 0 Å². The summed E-state index contributed by atoms with van der Waals surface area (Å²) >= 11 is 0. The molecule has 1 saturated carbocycles. The normalized spacial score (nSPS) is 19.7. The molecule has 1 aliphatic carbocycles. The predicted octanol–water partition coefficient (Wildman–Crippen LogP) is 13.3. The highest BCUT2D eigenvalue weighted by atomic mass is 16.6. The van der Waals surface area contributed by atoms with Gasteiger partial charge in [-0.25, -0.2) is 0 Å². The molecule has 0 N–H and O–H groups in total. The zero-order valence-electron chi connectivity index (χ0n) is 37.0. The van der Waals surface area contributed by atoms with E-state index in [2.05, 4.69) is 74.4 Å². The molecule has 7 nitrogen and oxygen atoms in total. The number of unbranched alkanes of at least 4 members (excludes halogenated alkanes) is 17. The van der Waals surface area contributed by atoms with Crippen LogP contribution >= 0.6 is 0 Å². The van der Waals surface area contributed by atoms with Gasteiger partial charge in [0.25, 0.3) is 0 Å². The summed E-state index contributed by atoms with van der Waals surface area (Å²) < 4.78 is 17.9. The monoisotopic (exact) mass is 796 g/mol. The Balaban J connectivity index is 1.65. The highest BCUT2D eigenvalue weighted by Gasteiger charge is 2.36. The molecule has 0 bridgehead atoms. The van der Waals surface area contributed by atoms with Gasteiger partial charge in [-0.2, -0.15) is 0 Å². The number of hydrogen-bond acceptors (Lipinski definition) is 7. The second-order valence-corrected chi connectivity index (χ2v) is 16.9. The van der Waals surface area contributed by atoms with Crippen molar-refractivity contribution in [2.75, 3.05) is 20.1 Å². The molecular formula is C50H85NO6. The fourth-order valence-electron chi connectivity index (χ4n) is 7.79. The number of hydrogen-bond donors (Lipinski definition) is 0. The number of nitrogens with zero attached hydrogens (tertiary/aromatic N) is 1. The molecule has 3 atom stereocenters. The van der Waals surface area contributed by atoms with E-state index in [9.17, 15) is 14.4 Å². The summed E-state index contributed by atoms with van der Waals surface area (Å²) in [5.41, 5.74) is 0. The third-order valence-electron chi connectivity index (χ3n) is 11.4. The molecule has 1 aliphatic heterocycles. The van der Waals surface area contributed by atoms with Crippen LogP contribution in [0.5, 0.6) is 0 Å². The van der Waals surface area contributed by atoms with Crippen molar-refractivity contribution in [1.82, 2.24) is 4.90 Å². The SMILES string of the molecule is CCCCC/C=C\C/C=C\CCCCCCCCC(=O)OC1CC(OC(=O)CCCCCCC/C=C\C/C=C\CCCCC)CC(OC(=O)C2CCN(C)CC2)C1. The van der Waals surface area contributed by atoms with E-state index in [4.69, 9.17) is 14.2 Å². The maximum atomic E-state index is 13.1. The quantitative estimate of drug-likeness (QED) is 0.0283. The number of likely N-dealkylation sites (tertiary alicyclic amines) is 1. The van der Waals surface area contributed by atoms with Gasteiger partial charge in [-0.05, 0) is 110 Å². The molecule has 1 saturated heterocycles. The van der Waals surface area contributed by atoms with Gasteiger partial charge in [0.2, 0.25) is 0 Å². The minimum atomic E-state index is -0.417. The Morgan fingerprint density at radius 2 is 0.825 bits per heavy atom. The Morgan fingerprint density at radius 1 is 0.474 bits per heavy atom. The van der Waals surface area contributed by atoms with Crippen LogP contribution in [0, 0.1) is 5.92 Å². The number of carbonyl (C=O) groups is 3. The van der Waals surface area contributed by atoms with Crippen LogP contribution in [0.2, 0.25) is 0 Å². The molecule has 3 unspecified atom stereocenters. The molecule has 0 aromatic heterocycles. The van der Waals surface area contributed by atoms with Crippen molar-refractivity contribution < 1.29 is 28.6 Å².